The topological polar surface area (TPSA) is 55.1 Å². The Labute approximate surface area is 101 Å². The van der Waals surface area contributed by atoms with E-state index < -0.39 is 0 Å². The quantitative estimate of drug-likeness (QED) is 0.784. The molecule has 1 atom stereocenters. The van der Waals surface area contributed by atoms with Gasteiger partial charge >= 0.3 is 0 Å². The van der Waals surface area contributed by atoms with Crippen LogP contribution >= 0.6 is 12.2 Å². The van der Waals surface area contributed by atoms with Gasteiger partial charge in [0, 0.05) is 5.92 Å². The number of benzene rings is 1. The third-order valence-electron chi connectivity index (χ3n) is 2.23. The normalized spacial score (nSPS) is 12.2. The Morgan fingerprint density at radius 2 is 1.88 bits per heavy atom. The van der Waals surface area contributed by atoms with Crippen molar-refractivity contribution in [2.45, 2.75) is 19.9 Å². The summed E-state index contributed by atoms with van der Waals surface area (Å²) >= 11 is 4.97. The van der Waals surface area contributed by atoms with Gasteiger partial charge in [-0.05, 0) is 5.56 Å². The molecule has 0 spiro atoms. The van der Waals surface area contributed by atoms with Crippen molar-refractivity contribution in [2.24, 2.45) is 11.7 Å². The molecular formula is C12H16N2OS. The zero-order valence-electron chi connectivity index (χ0n) is 9.44. The Hall–Kier alpha value is -1.42. The summed E-state index contributed by atoms with van der Waals surface area (Å²) in [4.78, 5) is 11.9. The molecule has 0 aromatic heterocycles. The number of nitrogens with one attached hydrogen (secondary N) is 1. The van der Waals surface area contributed by atoms with E-state index in [2.05, 4.69) is 5.32 Å². The predicted molar refractivity (Wildman–Crippen MR) is 68.9 cm³/mol. The average Bonchev–Trinajstić information content (AvgIpc) is 2.26. The number of carbonyl (C=O) groups excluding carboxylic acids is 1. The molecule has 0 radical (unpaired) electrons. The first-order valence-corrected chi connectivity index (χ1v) is 5.58. The number of nitrogens with two attached hydrogens (primary N) is 1. The van der Waals surface area contributed by atoms with Crippen LogP contribution in [0, 0.1) is 5.92 Å². The second kappa shape index (κ2) is 5.61. The van der Waals surface area contributed by atoms with Gasteiger partial charge in [0.25, 0.3) is 0 Å². The van der Waals surface area contributed by atoms with Crippen molar-refractivity contribution in [3.8, 4) is 0 Å². The number of thiocarbonyl (C=S) groups is 1. The van der Waals surface area contributed by atoms with Crippen LogP contribution in [0.2, 0.25) is 0 Å². The minimum Gasteiger partial charge on any atom is -0.391 e. The van der Waals surface area contributed by atoms with Gasteiger partial charge in [0.2, 0.25) is 5.91 Å². The predicted octanol–water partition coefficient (Wildman–Crippen LogP) is 1.79. The van der Waals surface area contributed by atoms with E-state index in [1.807, 2.05) is 44.2 Å². The summed E-state index contributed by atoms with van der Waals surface area (Å²) in [6, 6.07) is 9.09. The Bertz CT molecular complexity index is 376. The largest absolute Gasteiger partial charge is 0.391 e. The highest BCUT2D eigenvalue weighted by Gasteiger charge is 2.18. The van der Waals surface area contributed by atoms with E-state index in [4.69, 9.17) is 18.0 Å². The van der Waals surface area contributed by atoms with E-state index in [0.717, 1.165) is 5.56 Å². The molecule has 0 bridgehead atoms. The van der Waals surface area contributed by atoms with Gasteiger partial charge in [-0.25, -0.2) is 0 Å². The number of hydrogen-bond acceptors (Lipinski definition) is 2. The van der Waals surface area contributed by atoms with Crippen LogP contribution in [-0.2, 0) is 4.79 Å². The highest BCUT2D eigenvalue weighted by atomic mass is 32.1. The van der Waals surface area contributed by atoms with Gasteiger partial charge in [-0.2, -0.15) is 0 Å². The first-order chi connectivity index (χ1) is 7.52. The average molecular weight is 236 g/mol. The third-order valence-corrected chi connectivity index (χ3v) is 2.46. The standard InChI is InChI=1S/C12H16N2OS/c1-8(2)12(15)14-10(11(13)16)9-6-4-3-5-7-9/h3-8,10H,1-2H3,(H2,13,16)(H,14,15). The van der Waals surface area contributed by atoms with Gasteiger partial charge < -0.3 is 11.1 Å². The molecule has 16 heavy (non-hydrogen) atoms. The van der Waals surface area contributed by atoms with Gasteiger partial charge in [-0.15, -0.1) is 0 Å². The molecule has 0 fully saturated rings. The molecule has 1 aromatic carbocycles. The van der Waals surface area contributed by atoms with Gasteiger partial charge in [-0.3, -0.25) is 4.79 Å². The molecule has 1 amide bonds. The van der Waals surface area contributed by atoms with Crippen LogP contribution in [0.1, 0.15) is 25.5 Å². The first kappa shape index (κ1) is 12.6. The van der Waals surface area contributed by atoms with E-state index in [1.165, 1.54) is 0 Å². The van der Waals surface area contributed by atoms with Crippen molar-refractivity contribution < 1.29 is 4.79 Å². The second-order valence-corrected chi connectivity index (χ2v) is 4.38. The fourth-order valence-electron chi connectivity index (χ4n) is 1.27. The lowest BCUT2D eigenvalue weighted by molar-refractivity contribution is -0.124. The van der Waals surface area contributed by atoms with Crippen LogP contribution in [0.5, 0.6) is 0 Å². The first-order valence-electron chi connectivity index (χ1n) is 5.17. The molecule has 1 unspecified atom stereocenters. The maximum atomic E-state index is 11.6. The lowest BCUT2D eigenvalue weighted by atomic mass is 10.1. The van der Waals surface area contributed by atoms with Crippen LogP contribution in [0.3, 0.4) is 0 Å². The van der Waals surface area contributed by atoms with E-state index in [1.54, 1.807) is 0 Å². The number of hydrogen-bond donors (Lipinski definition) is 2. The SMILES string of the molecule is CC(C)C(=O)NC(C(N)=S)c1ccccc1. The monoisotopic (exact) mass is 236 g/mol. The summed E-state index contributed by atoms with van der Waals surface area (Å²) in [5.74, 6) is -0.137. The van der Waals surface area contributed by atoms with Crippen LogP contribution in [-0.4, -0.2) is 10.9 Å². The molecule has 0 heterocycles. The highest BCUT2D eigenvalue weighted by Crippen LogP contribution is 2.13. The van der Waals surface area contributed by atoms with E-state index >= 15 is 0 Å². The molecule has 0 aliphatic rings. The Balaban J connectivity index is 2.85. The van der Waals surface area contributed by atoms with Crippen LogP contribution in [0.15, 0.2) is 30.3 Å². The maximum absolute atomic E-state index is 11.6. The summed E-state index contributed by atoms with van der Waals surface area (Å²) < 4.78 is 0. The van der Waals surface area contributed by atoms with Crippen molar-refractivity contribution in [1.82, 2.24) is 5.32 Å². The van der Waals surface area contributed by atoms with Crippen LogP contribution in [0.25, 0.3) is 0 Å². The van der Waals surface area contributed by atoms with Gasteiger partial charge in [-0.1, -0.05) is 56.4 Å². The molecule has 0 aliphatic heterocycles. The van der Waals surface area contributed by atoms with Crippen molar-refractivity contribution in [2.75, 3.05) is 0 Å². The highest BCUT2D eigenvalue weighted by molar-refractivity contribution is 7.80. The van der Waals surface area contributed by atoms with Crippen LogP contribution < -0.4 is 11.1 Å². The number of rotatable bonds is 4. The zero-order valence-corrected chi connectivity index (χ0v) is 10.3. The molecule has 86 valence electrons. The summed E-state index contributed by atoms with van der Waals surface area (Å²) in [6.45, 7) is 3.66. The lowest BCUT2D eigenvalue weighted by Crippen LogP contribution is -2.38. The fourth-order valence-corrected chi connectivity index (χ4v) is 1.47. The van der Waals surface area contributed by atoms with Crippen molar-refractivity contribution in [1.29, 1.82) is 0 Å². The minimum absolute atomic E-state index is 0.0540. The third kappa shape index (κ3) is 3.31. The van der Waals surface area contributed by atoms with Crippen LogP contribution in [0.4, 0.5) is 0 Å². The smallest absolute Gasteiger partial charge is 0.223 e. The Kier molecular flexibility index (Phi) is 4.43. The molecule has 0 saturated carbocycles. The molecule has 3 nitrogen and oxygen atoms in total. The molecular weight excluding hydrogens is 220 g/mol. The maximum Gasteiger partial charge on any atom is 0.223 e. The summed E-state index contributed by atoms with van der Waals surface area (Å²) in [6.07, 6.45) is 0. The molecule has 4 heteroatoms. The van der Waals surface area contributed by atoms with Gasteiger partial charge in [0.1, 0.15) is 11.0 Å². The van der Waals surface area contributed by atoms with Gasteiger partial charge in [0.15, 0.2) is 0 Å². The molecule has 3 N–H and O–H groups in total. The van der Waals surface area contributed by atoms with Crippen molar-refractivity contribution in [3.05, 3.63) is 35.9 Å². The minimum atomic E-state index is -0.383. The number of amides is 1. The molecule has 0 aliphatic carbocycles. The van der Waals surface area contributed by atoms with E-state index in [0.29, 0.717) is 0 Å². The second-order valence-electron chi connectivity index (χ2n) is 3.91. The van der Waals surface area contributed by atoms with Gasteiger partial charge in [0.05, 0.1) is 0 Å². The molecule has 0 saturated heterocycles. The summed E-state index contributed by atoms with van der Waals surface area (Å²) in [5.41, 5.74) is 6.54. The van der Waals surface area contributed by atoms with E-state index in [-0.39, 0.29) is 22.9 Å². The lowest BCUT2D eigenvalue weighted by Gasteiger charge is -2.19. The Morgan fingerprint density at radius 3 is 2.31 bits per heavy atom. The summed E-state index contributed by atoms with van der Waals surface area (Å²) in [5, 5.41) is 2.83. The number of carbonyl (C=O) groups is 1. The van der Waals surface area contributed by atoms with E-state index in [9.17, 15) is 4.79 Å². The van der Waals surface area contributed by atoms with Crippen molar-refractivity contribution >= 4 is 23.1 Å². The Morgan fingerprint density at radius 1 is 1.31 bits per heavy atom. The molecule has 1 rings (SSSR count). The fraction of sp³-hybridized carbons (Fsp3) is 0.333. The van der Waals surface area contributed by atoms with Crippen molar-refractivity contribution in [3.63, 3.8) is 0 Å². The zero-order chi connectivity index (χ0) is 12.1. The molecule has 1 aromatic rings. The summed E-state index contributed by atoms with van der Waals surface area (Å²) in [7, 11) is 0.